The molecule has 2 rings (SSSR count). The van der Waals surface area contributed by atoms with Gasteiger partial charge in [-0.25, -0.2) is 4.99 Å². The maximum absolute atomic E-state index is 4.73. The van der Waals surface area contributed by atoms with Crippen molar-refractivity contribution < 1.29 is 0 Å². The largest absolute Gasteiger partial charge is 0.327 e. The molecular weight excluding hydrogens is 228 g/mol. The molecule has 0 aliphatic rings. The fourth-order valence-electron chi connectivity index (χ4n) is 1.79. The van der Waals surface area contributed by atoms with E-state index in [2.05, 4.69) is 42.0 Å². The molecule has 17 heavy (non-hydrogen) atoms. The number of aromatic nitrogens is 1. The van der Waals surface area contributed by atoms with Crippen LogP contribution in [0.4, 0.5) is 5.69 Å². The highest BCUT2D eigenvalue weighted by Crippen LogP contribution is 2.21. The van der Waals surface area contributed by atoms with Crippen molar-refractivity contribution in [2.75, 3.05) is 0 Å². The molecule has 0 N–H and O–H groups in total. The number of thiazole rings is 1. The average Bonchev–Trinajstić information content (AvgIpc) is 2.75. The molecule has 0 aliphatic carbocycles. The highest BCUT2D eigenvalue weighted by molar-refractivity contribution is 7.07. The standard InChI is InChI=1S/C14H18N2S/c1-4-11-6-7-13(12(5-2)10-11)15-14-16(3)8-9-17-14/h6-10H,4-5H2,1-3H3. The molecule has 0 spiro atoms. The second-order valence-electron chi connectivity index (χ2n) is 4.08. The Morgan fingerprint density at radius 2 is 2.06 bits per heavy atom. The lowest BCUT2D eigenvalue weighted by Gasteiger charge is -2.05. The van der Waals surface area contributed by atoms with Crippen LogP contribution in [0, 0.1) is 0 Å². The molecule has 0 saturated carbocycles. The monoisotopic (exact) mass is 246 g/mol. The van der Waals surface area contributed by atoms with Gasteiger partial charge in [0.25, 0.3) is 0 Å². The van der Waals surface area contributed by atoms with E-state index in [4.69, 9.17) is 4.99 Å². The van der Waals surface area contributed by atoms with Crippen LogP contribution in [0.5, 0.6) is 0 Å². The number of rotatable bonds is 3. The van der Waals surface area contributed by atoms with Crippen LogP contribution in [0.2, 0.25) is 0 Å². The Labute approximate surface area is 106 Å². The van der Waals surface area contributed by atoms with E-state index >= 15 is 0 Å². The Morgan fingerprint density at radius 1 is 1.24 bits per heavy atom. The Morgan fingerprint density at radius 3 is 2.65 bits per heavy atom. The molecule has 2 nitrogen and oxygen atoms in total. The van der Waals surface area contributed by atoms with Crippen LogP contribution >= 0.6 is 11.3 Å². The summed E-state index contributed by atoms with van der Waals surface area (Å²) in [7, 11) is 2.03. The molecule has 1 aromatic carbocycles. The van der Waals surface area contributed by atoms with Crippen molar-refractivity contribution >= 4 is 17.0 Å². The number of aryl methyl sites for hydroxylation is 3. The number of hydrogen-bond donors (Lipinski definition) is 0. The first-order valence-electron chi connectivity index (χ1n) is 6.01. The summed E-state index contributed by atoms with van der Waals surface area (Å²) >= 11 is 1.67. The predicted octanol–water partition coefficient (Wildman–Crippen LogP) is 3.44. The summed E-state index contributed by atoms with van der Waals surface area (Å²) in [6.07, 6.45) is 4.15. The zero-order chi connectivity index (χ0) is 12.3. The van der Waals surface area contributed by atoms with Crippen LogP contribution in [0.1, 0.15) is 25.0 Å². The highest BCUT2D eigenvalue weighted by atomic mass is 32.1. The molecule has 1 aromatic heterocycles. The molecule has 0 bridgehead atoms. The molecule has 0 atom stereocenters. The lowest BCUT2D eigenvalue weighted by atomic mass is 10.1. The quantitative estimate of drug-likeness (QED) is 0.789. The number of benzene rings is 1. The van der Waals surface area contributed by atoms with Crippen molar-refractivity contribution in [2.24, 2.45) is 12.0 Å². The van der Waals surface area contributed by atoms with Crippen LogP contribution in [-0.2, 0) is 19.9 Å². The fraction of sp³-hybridized carbons (Fsp3) is 0.357. The second-order valence-corrected chi connectivity index (χ2v) is 4.95. The lowest BCUT2D eigenvalue weighted by molar-refractivity contribution is 0.872. The van der Waals surface area contributed by atoms with Crippen LogP contribution in [0.15, 0.2) is 34.8 Å². The SMILES string of the molecule is CCc1ccc(N=c2sccn2C)c(CC)c1. The van der Waals surface area contributed by atoms with Gasteiger partial charge in [-0.2, -0.15) is 0 Å². The first-order chi connectivity index (χ1) is 8.24. The van der Waals surface area contributed by atoms with Crippen molar-refractivity contribution in [3.05, 3.63) is 45.7 Å². The topological polar surface area (TPSA) is 17.3 Å². The summed E-state index contributed by atoms with van der Waals surface area (Å²) in [5, 5.41) is 2.06. The van der Waals surface area contributed by atoms with Gasteiger partial charge in [0, 0.05) is 18.6 Å². The minimum absolute atomic E-state index is 1.03. The van der Waals surface area contributed by atoms with Crippen molar-refractivity contribution in [2.45, 2.75) is 26.7 Å². The first-order valence-corrected chi connectivity index (χ1v) is 6.89. The van der Waals surface area contributed by atoms with Gasteiger partial charge in [0.05, 0.1) is 5.69 Å². The van der Waals surface area contributed by atoms with Crippen molar-refractivity contribution in [1.29, 1.82) is 0 Å². The maximum atomic E-state index is 4.73. The van der Waals surface area contributed by atoms with Gasteiger partial charge in [-0.1, -0.05) is 26.0 Å². The first kappa shape index (κ1) is 12.1. The normalized spacial score (nSPS) is 12.1. The average molecular weight is 246 g/mol. The van der Waals surface area contributed by atoms with Gasteiger partial charge < -0.3 is 4.57 Å². The van der Waals surface area contributed by atoms with Gasteiger partial charge in [0.1, 0.15) is 0 Å². The van der Waals surface area contributed by atoms with Crippen LogP contribution in [-0.4, -0.2) is 4.57 Å². The smallest absolute Gasteiger partial charge is 0.189 e. The number of hydrogen-bond acceptors (Lipinski definition) is 2. The Bertz CT molecular complexity index is 564. The summed E-state index contributed by atoms with van der Waals surface area (Å²) < 4.78 is 2.05. The van der Waals surface area contributed by atoms with Crippen LogP contribution in [0.3, 0.4) is 0 Å². The third kappa shape index (κ3) is 2.67. The number of nitrogens with zero attached hydrogens (tertiary/aromatic N) is 2. The third-order valence-corrected chi connectivity index (χ3v) is 3.76. The molecule has 90 valence electrons. The zero-order valence-electron chi connectivity index (χ0n) is 10.6. The summed E-state index contributed by atoms with van der Waals surface area (Å²) in [6, 6.07) is 6.58. The van der Waals surface area contributed by atoms with Gasteiger partial charge in [0.2, 0.25) is 0 Å². The van der Waals surface area contributed by atoms with E-state index in [1.54, 1.807) is 11.3 Å². The van der Waals surface area contributed by atoms with E-state index in [9.17, 15) is 0 Å². The second kappa shape index (κ2) is 5.32. The van der Waals surface area contributed by atoms with Gasteiger partial charge in [-0.05, 0) is 30.0 Å². The Hall–Kier alpha value is -1.35. The highest BCUT2D eigenvalue weighted by Gasteiger charge is 2.01. The summed E-state index contributed by atoms with van der Waals surface area (Å²) in [6.45, 7) is 4.37. The van der Waals surface area contributed by atoms with Crippen molar-refractivity contribution in [1.82, 2.24) is 4.57 Å². The predicted molar refractivity (Wildman–Crippen MR) is 73.7 cm³/mol. The van der Waals surface area contributed by atoms with Crippen LogP contribution in [0.25, 0.3) is 0 Å². The summed E-state index contributed by atoms with van der Waals surface area (Å²) in [5.41, 5.74) is 3.82. The Kier molecular flexibility index (Phi) is 3.79. The summed E-state index contributed by atoms with van der Waals surface area (Å²) in [4.78, 5) is 5.77. The molecule has 0 unspecified atom stereocenters. The van der Waals surface area contributed by atoms with Gasteiger partial charge in [-0.15, -0.1) is 11.3 Å². The van der Waals surface area contributed by atoms with Gasteiger partial charge >= 0.3 is 0 Å². The minimum Gasteiger partial charge on any atom is -0.327 e. The molecule has 1 heterocycles. The molecule has 2 aromatic rings. The molecule has 0 amide bonds. The molecule has 0 aliphatic heterocycles. The fourth-order valence-corrected chi connectivity index (χ4v) is 2.53. The molecule has 3 heteroatoms. The lowest BCUT2D eigenvalue weighted by Crippen LogP contribution is -2.08. The van der Waals surface area contributed by atoms with Crippen LogP contribution < -0.4 is 4.80 Å². The van der Waals surface area contributed by atoms with E-state index in [0.717, 1.165) is 23.3 Å². The van der Waals surface area contributed by atoms with E-state index in [1.165, 1.54) is 11.1 Å². The van der Waals surface area contributed by atoms with E-state index in [0.29, 0.717) is 0 Å². The Balaban J connectivity index is 2.50. The van der Waals surface area contributed by atoms with E-state index in [-0.39, 0.29) is 0 Å². The molecule has 0 fully saturated rings. The maximum Gasteiger partial charge on any atom is 0.189 e. The molecule has 0 saturated heterocycles. The third-order valence-electron chi connectivity index (χ3n) is 2.91. The van der Waals surface area contributed by atoms with E-state index < -0.39 is 0 Å². The molecule has 0 radical (unpaired) electrons. The summed E-state index contributed by atoms with van der Waals surface area (Å²) in [5.74, 6) is 0. The van der Waals surface area contributed by atoms with Gasteiger partial charge in [0.15, 0.2) is 4.80 Å². The van der Waals surface area contributed by atoms with Crippen molar-refractivity contribution in [3.63, 3.8) is 0 Å². The van der Waals surface area contributed by atoms with E-state index in [1.807, 2.05) is 13.2 Å². The minimum atomic E-state index is 1.03. The van der Waals surface area contributed by atoms with Crippen molar-refractivity contribution in [3.8, 4) is 0 Å². The zero-order valence-corrected chi connectivity index (χ0v) is 11.4. The van der Waals surface area contributed by atoms with Gasteiger partial charge in [-0.3, -0.25) is 0 Å². The molecular formula is C14H18N2S.